The van der Waals surface area contributed by atoms with Crippen LogP contribution >= 0.6 is 0 Å². The zero-order valence-electron chi connectivity index (χ0n) is 13.6. The van der Waals surface area contributed by atoms with Gasteiger partial charge in [0.25, 0.3) is 0 Å². The van der Waals surface area contributed by atoms with E-state index >= 15 is 0 Å². The van der Waals surface area contributed by atoms with Crippen LogP contribution in [0.4, 0.5) is 0 Å². The first kappa shape index (κ1) is 15.9. The Morgan fingerprint density at radius 3 is 2.71 bits per heavy atom. The Morgan fingerprint density at radius 1 is 1.19 bits per heavy atom. The van der Waals surface area contributed by atoms with Crippen LogP contribution in [0.1, 0.15) is 40.0 Å². The summed E-state index contributed by atoms with van der Waals surface area (Å²) in [5, 5.41) is 1.21. The van der Waals surface area contributed by atoms with Gasteiger partial charge in [-0.05, 0) is 49.9 Å². The van der Waals surface area contributed by atoms with Crippen LogP contribution < -0.4 is 10.5 Å². The maximum Gasteiger partial charge on any atom is 0.128 e. The molecule has 116 valence electrons. The molecule has 0 aliphatic rings. The molecule has 0 fully saturated rings. The van der Waals surface area contributed by atoms with Gasteiger partial charge >= 0.3 is 0 Å². The minimum absolute atomic E-state index is 0.265. The number of ether oxygens (including phenoxy) is 1. The van der Waals surface area contributed by atoms with E-state index in [1.165, 1.54) is 30.2 Å². The second-order valence-electron chi connectivity index (χ2n) is 6.46. The summed E-state index contributed by atoms with van der Waals surface area (Å²) < 4.78 is 8.02. The summed E-state index contributed by atoms with van der Waals surface area (Å²) in [6.45, 7) is 9.03. The fourth-order valence-electron chi connectivity index (χ4n) is 2.66. The number of hydrogen-bond acceptors (Lipinski definition) is 2. The smallest absolute Gasteiger partial charge is 0.128 e. The van der Waals surface area contributed by atoms with E-state index in [0.29, 0.717) is 6.61 Å². The summed E-state index contributed by atoms with van der Waals surface area (Å²) in [5.41, 5.74) is 7.31. The molecular weight excluding hydrogens is 260 g/mol. The van der Waals surface area contributed by atoms with E-state index in [1.807, 2.05) is 13.0 Å². The van der Waals surface area contributed by atoms with Crippen LogP contribution in [0.3, 0.4) is 0 Å². The molecule has 2 rings (SSSR count). The Kier molecular flexibility index (Phi) is 5.29. The van der Waals surface area contributed by atoms with Crippen LogP contribution in [0.2, 0.25) is 0 Å². The minimum Gasteiger partial charge on any atom is -0.493 e. The molecule has 2 aromatic rings. The van der Waals surface area contributed by atoms with Crippen molar-refractivity contribution in [3.63, 3.8) is 0 Å². The number of fused-ring (bicyclic) bond motifs is 1. The lowest BCUT2D eigenvalue weighted by Gasteiger charge is -2.21. The molecule has 0 amide bonds. The monoisotopic (exact) mass is 288 g/mol. The third-order valence-corrected chi connectivity index (χ3v) is 4.13. The van der Waals surface area contributed by atoms with Crippen LogP contribution in [0.25, 0.3) is 10.9 Å². The van der Waals surface area contributed by atoms with E-state index < -0.39 is 0 Å². The molecule has 21 heavy (non-hydrogen) atoms. The molecule has 0 bridgehead atoms. The molecule has 0 saturated carbocycles. The first-order valence-electron chi connectivity index (χ1n) is 7.98. The number of rotatable bonds is 8. The van der Waals surface area contributed by atoms with E-state index in [9.17, 15) is 0 Å². The Bertz CT molecular complexity index is 572. The summed E-state index contributed by atoms with van der Waals surface area (Å²) in [4.78, 5) is 0. The zero-order chi connectivity index (χ0) is 15.3. The maximum atomic E-state index is 5.78. The fourth-order valence-corrected chi connectivity index (χ4v) is 2.66. The Balaban J connectivity index is 1.98. The van der Waals surface area contributed by atoms with Gasteiger partial charge in [0.1, 0.15) is 5.75 Å². The molecular formula is C18H28N2O. The zero-order valence-corrected chi connectivity index (χ0v) is 13.6. The summed E-state index contributed by atoms with van der Waals surface area (Å²) >= 11 is 0. The first-order valence-corrected chi connectivity index (χ1v) is 7.98. The van der Waals surface area contributed by atoms with Gasteiger partial charge < -0.3 is 15.0 Å². The quantitative estimate of drug-likeness (QED) is 0.740. The van der Waals surface area contributed by atoms with Crippen LogP contribution in [-0.2, 0) is 6.54 Å². The van der Waals surface area contributed by atoms with Crippen molar-refractivity contribution in [1.82, 2.24) is 4.57 Å². The third kappa shape index (κ3) is 4.01. The molecule has 1 aromatic carbocycles. The van der Waals surface area contributed by atoms with E-state index in [0.717, 1.165) is 18.8 Å². The van der Waals surface area contributed by atoms with Gasteiger partial charge in [0.05, 0.1) is 12.1 Å². The van der Waals surface area contributed by atoms with Crippen LogP contribution in [0.15, 0.2) is 30.5 Å². The normalized spacial score (nSPS) is 12.0. The number of hydrogen-bond donors (Lipinski definition) is 1. The number of nitrogens with two attached hydrogens (primary N) is 1. The van der Waals surface area contributed by atoms with Crippen molar-refractivity contribution in [2.45, 2.75) is 46.6 Å². The van der Waals surface area contributed by atoms with Crippen LogP contribution in [-0.4, -0.2) is 17.7 Å². The molecule has 3 heteroatoms. The minimum atomic E-state index is 0.265. The lowest BCUT2D eigenvalue weighted by atomic mass is 9.87. The Labute approximate surface area is 128 Å². The second-order valence-corrected chi connectivity index (χ2v) is 6.46. The van der Waals surface area contributed by atoms with Crippen molar-refractivity contribution in [2.24, 2.45) is 11.1 Å². The number of unbranched alkanes of at least 4 members (excludes halogenated alkanes) is 1. The fraction of sp³-hybridized carbons (Fsp3) is 0.556. The highest BCUT2D eigenvalue weighted by Crippen LogP contribution is 2.27. The van der Waals surface area contributed by atoms with Gasteiger partial charge in [-0.2, -0.15) is 0 Å². The van der Waals surface area contributed by atoms with E-state index in [-0.39, 0.29) is 5.41 Å². The number of aromatic nitrogens is 1. The predicted molar refractivity (Wildman–Crippen MR) is 89.8 cm³/mol. The molecule has 0 atom stereocenters. The van der Waals surface area contributed by atoms with Gasteiger partial charge in [0, 0.05) is 18.1 Å². The van der Waals surface area contributed by atoms with E-state index in [4.69, 9.17) is 10.5 Å². The maximum absolute atomic E-state index is 5.78. The Morgan fingerprint density at radius 2 is 2.00 bits per heavy atom. The highest BCUT2D eigenvalue weighted by molar-refractivity contribution is 5.86. The second kappa shape index (κ2) is 6.99. The van der Waals surface area contributed by atoms with E-state index in [2.05, 4.69) is 42.8 Å². The van der Waals surface area contributed by atoms with Gasteiger partial charge in [-0.1, -0.05) is 26.3 Å². The number of aryl methyl sites for hydroxylation is 1. The van der Waals surface area contributed by atoms with Crippen molar-refractivity contribution >= 4 is 10.9 Å². The van der Waals surface area contributed by atoms with Crippen LogP contribution in [0, 0.1) is 5.41 Å². The standard InChI is InChI=1S/C18H28N2O/c1-4-21-17-9-7-8-16-15(17)10-13-20(16)12-6-5-11-18(2,3)14-19/h7-10,13H,4-6,11-12,14,19H2,1-3H3. The molecule has 3 nitrogen and oxygen atoms in total. The molecule has 0 unspecified atom stereocenters. The highest BCUT2D eigenvalue weighted by atomic mass is 16.5. The lowest BCUT2D eigenvalue weighted by molar-refractivity contribution is 0.329. The van der Waals surface area contributed by atoms with Gasteiger partial charge in [-0.3, -0.25) is 0 Å². The molecule has 1 heterocycles. The molecule has 0 spiro atoms. The van der Waals surface area contributed by atoms with Crippen molar-refractivity contribution in [3.05, 3.63) is 30.5 Å². The van der Waals surface area contributed by atoms with Crippen molar-refractivity contribution in [1.29, 1.82) is 0 Å². The van der Waals surface area contributed by atoms with Crippen molar-refractivity contribution in [2.75, 3.05) is 13.2 Å². The summed E-state index contributed by atoms with van der Waals surface area (Å²) in [6.07, 6.45) is 5.76. The average Bonchev–Trinajstić information content (AvgIpc) is 2.88. The van der Waals surface area contributed by atoms with Gasteiger partial charge in [-0.15, -0.1) is 0 Å². The third-order valence-electron chi connectivity index (χ3n) is 4.13. The molecule has 0 aliphatic carbocycles. The number of benzene rings is 1. The SMILES string of the molecule is CCOc1cccc2c1ccn2CCCCC(C)(C)CN. The lowest BCUT2D eigenvalue weighted by Crippen LogP contribution is -2.23. The van der Waals surface area contributed by atoms with Crippen molar-refractivity contribution in [3.8, 4) is 5.75 Å². The largest absolute Gasteiger partial charge is 0.493 e. The average molecular weight is 288 g/mol. The topological polar surface area (TPSA) is 40.2 Å². The number of nitrogens with zero attached hydrogens (tertiary/aromatic N) is 1. The Hall–Kier alpha value is -1.48. The molecule has 1 aromatic heterocycles. The van der Waals surface area contributed by atoms with E-state index in [1.54, 1.807) is 0 Å². The van der Waals surface area contributed by atoms with Crippen LogP contribution in [0.5, 0.6) is 5.75 Å². The first-order chi connectivity index (χ1) is 10.1. The summed E-state index contributed by atoms with van der Waals surface area (Å²) in [6, 6.07) is 8.44. The molecule has 0 saturated heterocycles. The molecule has 2 N–H and O–H groups in total. The van der Waals surface area contributed by atoms with Gasteiger partial charge in [0.15, 0.2) is 0 Å². The highest BCUT2D eigenvalue weighted by Gasteiger charge is 2.14. The summed E-state index contributed by atoms with van der Waals surface area (Å²) in [5.74, 6) is 0.984. The molecule has 0 aliphatic heterocycles. The van der Waals surface area contributed by atoms with Crippen molar-refractivity contribution < 1.29 is 4.74 Å². The molecule has 0 radical (unpaired) electrons. The van der Waals surface area contributed by atoms with Gasteiger partial charge in [0.2, 0.25) is 0 Å². The predicted octanol–water partition coefficient (Wildman–Crippen LogP) is 4.20. The summed E-state index contributed by atoms with van der Waals surface area (Å²) in [7, 11) is 0. The van der Waals surface area contributed by atoms with Gasteiger partial charge in [-0.25, -0.2) is 0 Å².